The van der Waals surface area contributed by atoms with Crippen molar-refractivity contribution in [2.75, 3.05) is 19.6 Å². The van der Waals surface area contributed by atoms with Crippen molar-refractivity contribution in [2.24, 2.45) is 0 Å². The van der Waals surface area contributed by atoms with Gasteiger partial charge in [0.2, 0.25) is 0 Å². The third-order valence-electron chi connectivity index (χ3n) is 3.06. The van der Waals surface area contributed by atoms with Gasteiger partial charge in [0.1, 0.15) is 0 Å². The fourth-order valence-electron chi connectivity index (χ4n) is 2.26. The Labute approximate surface area is 97.0 Å². The van der Waals surface area contributed by atoms with E-state index in [1.165, 1.54) is 25.8 Å². The predicted molar refractivity (Wildman–Crippen MR) is 63.1 cm³/mol. The highest BCUT2D eigenvalue weighted by atomic mass is 16.5. The summed E-state index contributed by atoms with van der Waals surface area (Å²) in [6.45, 7) is 6.53. The Balaban J connectivity index is 1.77. The summed E-state index contributed by atoms with van der Waals surface area (Å²) in [4.78, 5) is 2.44. The molecule has 1 aliphatic heterocycles. The van der Waals surface area contributed by atoms with Crippen LogP contribution in [0.2, 0.25) is 0 Å². The molecular formula is C12H21N3O. The maximum absolute atomic E-state index is 5.14. The van der Waals surface area contributed by atoms with Crippen LogP contribution in [0.3, 0.4) is 0 Å². The molecule has 4 heteroatoms. The van der Waals surface area contributed by atoms with E-state index < -0.39 is 0 Å². The molecule has 1 N–H and O–H groups in total. The molecule has 1 fully saturated rings. The van der Waals surface area contributed by atoms with Gasteiger partial charge in [-0.1, -0.05) is 12.1 Å². The lowest BCUT2D eigenvalue weighted by molar-refractivity contribution is 0.167. The molecule has 1 aromatic heterocycles. The van der Waals surface area contributed by atoms with Gasteiger partial charge in [0.05, 0.1) is 12.7 Å². The van der Waals surface area contributed by atoms with E-state index >= 15 is 0 Å². The first kappa shape index (κ1) is 11.6. The van der Waals surface area contributed by atoms with E-state index in [0.29, 0.717) is 6.04 Å². The zero-order valence-electron chi connectivity index (χ0n) is 9.98. The van der Waals surface area contributed by atoms with E-state index in [4.69, 9.17) is 4.52 Å². The van der Waals surface area contributed by atoms with Crippen molar-refractivity contribution in [1.29, 1.82) is 0 Å². The van der Waals surface area contributed by atoms with Crippen LogP contribution in [0.25, 0.3) is 0 Å². The minimum absolute atomic E-state index is 0.650. The van der Waals surface area contributed by atoms with Crippen molar-refractivity contribution >= 4 is 0 Å². The quantitative estimate of drug-likeness (QED) is 0.824. The van der Waals surface area contributed by atoms with E-state index in [9.17, 15) is 0 Å². The SMILES string of the molecule is CCCNC1CCCN(Cc2ccno2)C1. The molecule has 0 radical (unpaired) electrons. The van der Waals surface area contributed by atoms with Crippen LogP contribution >= 0.6 is 0 Å². The molecule has 0 aliphatic carbocycles. The Hall–Kier alpha value is -0.870. The van der Waals surface area contributed by atoms with Crippen molar-refractivity contribution in [3.63, 3.8) is 0 Å². The van der Waals surface area contributed by atoms with Gasteiger partial charge >= 0.3 is 0 Å². The fourth-order valence-corrected chi connectivity index (χ4v) is 2.26. The molecule has 16 heavy (non-hydrogen) atoms. The summed E-state index contributed by atoms with van der Waals surface area (Å²) in [5.74, 6) is 0.969. The van der Waals surface area contributed by atoms with Crippen LogP contribution in [-0.2, 0) is 6.54 Å². The summed E-state index contributed by atoms with van der Waals surface area (Å²) >= 11 is 0. The monoisotopic (exact) mass is 223 g/mol. The number of hydrogen-bond acceptors (Lipinski definition) is 4. The van der Waals surface area contributed by atoms with Gasteiger partial charge < -0.3 is 9.84 Å². The highest BCUT2D eigenvalue weighted by Crippen LogP contribution is 2.13. The van der Waals surface area contributed by atoms with Crippen LogP contribution in [-0.4, -0.2) is 35.7 Å². The Morgan fingerprint density at radius 1 is 1.62 bits per heavy atom. The topological polar surface area (TPSA) is 41.3 Å². The average Bonchev–Trinajstić information content (AvgIpc) is 2.80. The molecule has 0 saturated carbocycles. The summed E-state index contributed by atoms with van der Waals surface area (Å²) in [5, 5.41) is 7.33. The minimum Gasteiger partial charge on any atom is -0.360 e. The fraction of sp³-hybridized carbons (Fsp3) is 0.750. The van der Waals surface area contributed by atoms with Crippen LogP contribution in [0.1, 0.15) is 31.9 Å². The van der Waals surface area contributed by atoms with E-state index in [0.717, 1.165) is 25.4 Å². The van der Waals surface area contributed by atoms with E-state index in [1.807, 2.05) is 6.07 Å². The van der Waals surface area contributed by atoms with E-state index in [2.05, 4.69) is 22.3 Å². The number of nitrogens with zero attached hydrogens (tertiary/aromatic N) is 2. The standard InChI is InChI=1S/C12H21N3O/c1-2-6-13-11-4-3-8-15(9-11)10-12-5-7-14-16-12/h5,7,11,13H,2-4,6,8-10H2,1H3. The molecule has 1 saturated heterocycles. The van der Waals surface area contributed by atoms with Crippen LogP contribution in [0.15, 0.2) is 16.8 Å². The number of aromatic nitrogens is 1. The molecule has 0 aromatic carbocycles. The second-order valence-electron chi connectivity index (χ2n) is 4.51. The number of rotatable bonds is 5. The molecule has 1 aliphatic rings. The van der Waals surface area contributed by atoms with Gasteiger partial charge in [-0.25, -0.2) is 0 Å². The lowest BCUT2D eigenvalue weighted by atomic mass is 10.1. The summed E-state index contributed by atoms with van der Waals surface area (Å²) in [5.41, 5.74) is 0. The molecule has 1 aromatic rings. The van der Waals surface area contributed by atoms with Crippen LogP contribution in [0, 0.1) is 0 Å². The zero-order valence-corrected chi connectivity index (χ0v) is 9.98. The van der Waals surface area contributed by atoms with Gasteiger partial charge in [-0.3, -0.25) is 4.90 Å². The van der Waals surface area contributed by atoms with Crippen molar-refractivity contribution in [3.8, 4) is 0 Å². The molecule has 1 atom stereocenters. The molecule has 90 valence electrons. The van der Waals surface area contributed by atoms with Crippen LogP contribution in [0.5, 0.6) is 0 Å². The molecule has 0 amide bonds. The Morgan fingerprint density at radius 3 is 3.31 bits per heavy atom. The van der Waals surface area contributed by atoms with Crippen molar-refractivity contribution in [2.45, 2.75) is 38.8 Å². The van der Waals surface area contributed by atoms with Gasteiger partial charge in [0.15, 0.2) is 5.76 Å². The lowest BCUT2D eigenvalue weighted by Crippen LogP contribution is -2.45. The van der Waals surface area contributed by atoms with Crippen LogP contribution < -0.4 is 5.32 Å². The van der Waals surface area contributed by atoms with Crippen molar-refractivity contribution in [3.05, 3.63) is 18.0 Å². The van der Waals surface area contributed by atoms with Gasteiger partial charge in [-0.05, 0) is 32.4 Å². The highest BCUT2D eigenvalue weighted by molar-refractivity contribution is 4.93. The highest BCUT2D eigenvalue weighted by Gasteiger charge is 2.19. The maximum atomic E-state index is 5.14. The molecule has 4 nitrogen and oxygen atoms in total. The Morgan fingerprint density at radius 2 is 2.56 bits per heavy atom. The number of nitrogens with one attached hydrogen (secondary N) is 1. The van der Waals surface area contributed by atoms with Gasteiger partial charge in [0.25, 0.3) is 0 Å². The molecule has 2 rings (SSSR count). The van der Waals surface area contributed by atoms with E-state index in [-0.39, 0.29) is 0 Å². The number of piperidine rings is 1. The van der Waals surface area contributed by atoms with E-state index in [1.54, 1.807) is 6.20 Å². The average molecular weight is 223 g/mol. The van der Waals surface area contributed by atoms with Gasteiger partial charge in [-0.2, -0.15) is 0 Å². The van der Waals surface area contributed by atoms with Gasteiger partial charge in [-0.15, -0.1) is 0 Å². The first-order chi connectivity index (χ1) is 7.88. The summed E-state index contributed by atoms with van der Waals surface area (Å²) in [7, 11) is 0. The summed E-state index contributed by atoms with van der Waals surface area (Å²) < 4.78 is 5.14. The van der Waals surface area contributed by atoms with Gasteiger partial charge in [0, 0.05) is 18.7 Å². The zero-order chi connectivity index (χ0) is 11.2. The second kappa shape index (κ2) is 6.01. The molecule has 2 heterocycles. The molecule has 0 bridgehead atoms. The largest absolute Gasteiger partial charge is 0.360 e. The molecular weight excluding hydrogens is 202 g/mol. The number of likely N-dealkylation sites (tertiary alicyclic amines) is 1. The summed E-state index contributed by atoms with van der Waals surface area (Å²) in [6.07, 6.45) is 5.49. The molecule has 1 unspecified atom stereocenters. The first-order valence-electron chi connectivity index (χ1n) is 6.23. The Kier molecular flexibility index (Phi) is 4.36. The van der Waals surface area contributed by atoms with Crippen molar-refractivity contribution < 1.29 is 4.52 Å². The predicted octanol–water partition coefficient (Wildman–Crippen LogP) is 1.64. The Bertz CT molecular complexity index is 286. The van der Waals surface area contributed by atoms with Crippen LogP contribution in [0.4, 0.5) is 0 Å². The van der Waals surface area contributed by atoms with Crippen molar-refractivity contribution in [1.82, 2.24) is 15.4 Å². The first-order valence-corrected chi connectivity index (χ1v) is 6.23. The maximum Gasteiger partial charge on any atom is 0.150 e. The molecule has 0 spiro atoms. The smallest absolute Gasteiger partial charge is 0.150 e. The lowest BCUT2D eigenvalue weighted by Gasteiger charge is -2.32. The summed E-state index contributed by atoms with van der Waals surface area (Å²) in [6, 6.07) is 2.60. The second-order valence-corrected chi connectivity index (χ2v) is 4.51. The number of hydrogen-bond donors (Lipinski definition) is 1. The minimum atomic E-state index is 0.650. The normalized spacial score (nSPS) is 22.4. The third kappa shape index (κ3) is 3.32. The third-order valence-corrected chi connectivity index (χ3v) is 3.06.